The molecule has 1 atom stereocenters. The molecule has 3 heteroatoms. The van der Waals surface area contributed by atoms with Crippen LogP contribution < -0.4 is 0 Å². The summed E-state index contributed by atoms with van der Waals surface area (Å²) < 4.78 is 0. The van der Waals surface area contributed by atoms with Crippen LogP contribution in [0.5, 0.6) is 0 Å². The minimum atomic E-state index is -0.0304. The van der Waals surface area contributed by atoms with E-state index in [9.17, 15) is 4.79 Å². The Balaban J connectivity index is 2.55. The van der Waals surface area contributed by atoms with Crippen molar-refractivity contribution in [1.82, 2.24) is 4.90 Å². The second-order valence-electron chi connectivity index (χ2n) is 4.12. The largest absolute Gasteiger partial charge is 0.340 e. The lowest BCUT2D eigenvalue weighted by Crippen LogP contribution is -2.42. The first-order valence-corrected chi connectivity index (χ1v) is 6.10. The van der Waals surface area contributed by atoms with Gasteiger partial charge in [0.05, 0.1) is 0 Å². The number of rotatable bonds is 4. The van der Waals surface area contributed by atoms with Gasteiger partial charge >= 0.3 is 0 Å². The van der Waals surface area contributed by atoms with Crippen LogP contribution in [-0.4, -0.2) is 29.3 Å². The van der Waals surface area contributed by atoms with Gasteiger partial charge in [-0.05, 0) is 19.8 Å². The Kier molecular flexibility index (Phi) is 4.73. The molecule has 1 unspecified atom stereocenters. The third-order valence-corrected chi connectivity index (χ3v) is 3.51. The van der Waals surface area contributed by atoms with Crippen molar-refractivity contribution in [2.75, 3.05) is 12.4 Å². The minimum Gasteiger partial charge on any atom is -0.340 e. The van der Waals surface area contributed by atoms with Crippen LogP contribution in [0.15, 0.2) is 0 Å². The fourth-order valence-electron chi connectivity index (χ4n) is 2.16. The van der Waals surface area contributed by atoms with Gasteiger partial charge in [0.1, 0.15) is 0 Å². The highest BCUT2D eigenvalue weighted by molar-refractivity contribution is 6.19. The number of carbonyl (C=O) groups excluding carboxylic acids is 1. The van der Waals surface area contributed by atoms with Crippen molar-refractivity contribution in [3.63, 3.8) is 0 Å². The lowest BCUT2D eigenvalue weighted by atomic mass is 10.1. The lowest BCUT2D eigenvalue weighted by Gasteiger charge is -2.29. The van der Waals surface area contributed by atoms with Crippen molar-refractivity contribution in [3.05, 3.63) is 0 Å². The Hall–Kier alpha value is -0.240. The second-order valence-corrected chi connectivity index (χ2v) is 4.43. The van der Waals surface area contributed by atoms with E-state index in [1.54, 1.807) is 0 Å². The quantitative estimate of drug-likeness (QED) is 0.663. The van der Waals surface area contributed by atoms with Gasteiger partial charge in [-0.3, -0.25) is 4.79 Å². The van der Waals surface area contributed by atoms with Gasteiger partial charge in [0.25, 0.3) is 0 Å². The Morgan fingerprint density at radius 1 is 1.50 bits per heavy atom. The van der Waals surface area contributed by atoms with Crippen molar-refractivity contribution in [1.29, 1.82) is 0 Å². The zero-order valence-electron chi connectivity index (χ0n) is 9.13. The van der Waals surface area contributed by atoms with Crippen molar-refractivity contribution >= 4 is 17.5 Å². The van der Waals surface area contributed by atoms with Crippen molar-refractivity contribution in [3.8, 4) is 0 Å². The highest BCUT2D eigenvalue weighted by Gasteiger charge is 2.27. The van der Waals surface area contributed by atoms with E-state index in [1.807, 2.05) is 11.8 Å². The number of alkyl halides is 1. The molecule has 14 heavy (non-hydrogen) atoms. The molecule has 0 aromatic heterocycles. The Labute approximate surface area is 91.6 Å². The molecule has 1 rings (SSSR count). The summed E-state index contributed by atoms with van der Waals surface area (Å²) in [5.41, 5.74) is 0. The number of halogens is 1. The molecular weight excluding hydrogens is 198 g/mol. The molecule has 82 valence electrons. The molecule has 0 heterocycles. The number of nitrogens with zero attached hydrogens (tertiary/aromatic N) is 1. The topological polar surface area (TPSA) is 20.3 Å². The van der Waals surface area contributed by atoms with Gasteiger partial charge in [0.2, 0.25) is 5.91 Å². The van der Waals surface area contributed by atoms with Gasteiger partial charge in [0.15, 0.2) is 0 Å². The van der Waals surface area contributed by atoms with Gasteiger partial charge < -0.3 is 4.90 Å². The maximum atomic E-state index is 11.9. The Morgan fingerprint density at radius 2 is 2.07 bits per heavy atom. The van der Waals surface area contributed by atoms with Gasteiger partial charge in [-0.15, -0.1) is 11.6 Å². The third-order valence-electron chi connectivity index (χ3n) is 3.04. The van der Waals surface area contributed by atoms with Crippen molar-refractivity contribution in [2.24, 2.45) is 5.92 Å². The van der Waals surface area contributed by atoms with E-state index in [-0.39, 0.29) is 11.8 Å². The van der Waals surface area contributed by atoms with Crippen molar-refractivity contribution in [2.45, 2.75) is 45.6 Å². The number of carbonyl (C=O) groups is 1. The summed E-state index contributed by atoms with van der Waals surface area (Å²) in [7, 11) is 0. The van der Waals surface area contributed by atoms with Gasteiger partial charge in [-0.1, -0.05) is 19.8 Å². The number of hydrogen-bond donors (Lipinski definition) is 0. The summed E-state index contributed by atoms with van der Waals surface area (Å²) in [6.07, 6.45) is 4.89. The normalized spacial score (nSPS) is 19.6. The van der Waals surface area contributed by atoms with Gasteiger partial charge in [0, 0.05) is 24.4 Å². The summed E-state index contributed by atoms with van der Waals surface area (Å²) in [4.78, 5) is 13.9. The van der Waals surface area contributed by atoms with Gasteiger partial charge in [-0.25, -0.2) is 0 Å². The van der Waals surface area contributed by atoms with Crippen LogP contribution in [0.4, 0.5) is 0 Å². The fourth-order valence-corrected chi connectivity index (χ4v) is 2.29. The summed E-state index contributed by atoms with van der Waals surface area (Å²) in [6.45, 7) is 4.79. The number of amides is 1. The summed E-state index contributed by atoms with van der Waals surface area (Å²) in [6, 6.07) is 0.484. The molecule has 0 spiro atoms. The molecule has 1 aliphatic rings. The molecule has 0 saturated heterocycles. The molecule has 1 fully saturated rings. The third kappa shape index (κ3) is 2.63. The zero-order chi connectivity index (χ0) is 10.6. The molecule has 0 aromatic carbocycles. The Morgan fingerprint density at radius 3 is 2.50 bits per heavy atom. The highest BCUT2D eigenvalue weighted by Crippen LogP contribution is 2.24. The summed E-state index contributed by atoms with van der Waals surface area (Å²) >= 11 is 5.71. The zero-order valence-corrected chi connectivity index (χ0v) is 9.89. The molecule has 1 amide bonds. The van der Waals surface area contributed by atoms with Gasteiger partial charge in [-0.2, -0.15) is 0 Å². The Bertz CT molecular complexity index is 190. The van der Waals surface area contributed by atoms with Crippen LogP contribution in [-0.2, 0) is 4.79 Å². The average Bonchev–Trinajstić information content (AvgIpc) is 2.71. The van der Waals surface area contributed by atoms with E-state index in [4.69, 9.17) is 11.6 Å². The molecule has 0 radical (unpaired) electrons. The minimum absolute atomic E-state index is 0.0304. The molecule has 0 bridgehead atoms. The standard InChI is InChI=1S/C11H20ClNO/c1-3-13(10-6-4-5-7-10)11(14)9(2)8-12/h9-10H,3-8H2,1-2H3. The smallest absolute Gasteiger partial charge is 0.226 e. The predicted octanol–water partition coefficient (Wildman–Crippen LogP) is 2.65. The van der Waals surface area contributed by atoms with Crippen LogP contribution in [0.1, 0.15) is 39.5 Å². The van der Waals surface area contributed by atoms with E-state index in [2.05, 4.69) is 6.92 Å². The maximum absolute atomic E-state index is 11.9. The summed E-state index contributed by atoms with van der Waals surface area (Å²) in [5.74, 6) is 0.633. The summed E-state index contributed by atoms with van der Waals surface area (Å²) in [5, 5.41) is 0. The van der Waals surface area contributed by atoms with Crippen molar-refractivity contribution < 1.29 is 4.79 Å². The molecule has 0 aromatic rings. The number of hydrogen-bond acceptors (Lipinski definition) is 1. The van der Waals surface area contributed by atoms with Crippen LogP contribution in [0.2, 0.25) is 0 Å². The van der Waals surface area contributed by atoms with Crippen LogP contribution in [0, 0.1) is 5.92 Å². The van der Waals surface area contributed by atoms with E-state index < -0.39 is 0 Å². The maximum Gasteiger partial charge on any atom is 0.226 e. The van der Waals surface area contributed by atoms with Crippen LogP contribution in [0.3, 0.4) is 0 Å². The highest BCUT2D eigenvalue weighted by atomic mass is 35.5. The first-order chi connectivity index (χ1) is 6.70. The molecule has 1 saturated carbocycles. The first-order valence-electron chi connectivity index (χ1n) is 5.57. The van der Waals surface area contributed by atoms with E-state index in [0.717, 1.165) is 6.54 Å². The van der Waals surface area contributed by atoms with Crippen LogP contribution >= 0.6 is 11.6 Å². The van der Waals surface area contributed by atoms with E-state index >= 15 is 0 Å². The molecular formula is C11H20ClNO. The van der Waals surface area contributed by atoms with E-state index in [0.29, 0.717) is 11.9 Å². The van der Waals surface area contributed by atoms with E-state index in [1.165, 1.54) is 25.7 Å². The first kappa shape index (κ1) is 11.8. The lowest BCUT2D eigenvalue weighted by molar-refractivity contribution is -0.136. The fraction of sp³-hybridized carbons (Fsp3) is 0.909. The SMILES string of the molecule is CCN(C(=O)C(C)CCl)C1CCCC1. The molecule has 1 aliphatic carbocycles. The molecule has 0 aliphatic heterocycles. The van der Waals surface area contributed by atoms with Crippen LogP contribution in [0.25, 0.3) is 0 Å². The second kappa shape index (κ2) is 5.59. The average molecular weight is 218 g/mol. The molecule has 2 nitrogen and oxygen atoms in total. The predicted molar refractivity (Wildman–Crippen MR) is 59.5 cm³/mol. The monoisotopic (exact) mass is 217 g/mol. The molecule has 0 N–H and O–H groups in total.